The van der Waals surface area contributed by atoms with Crippen LogP contribution in [0.5, 0.6) is 0 Å². The molecule has 0 atom stereocenters. The number of aryl methyl sites for hydroxylation is 1. The molecule has 1 heterocycles. The highest BCUT2D eigenvalue weighted by molar-refractivity contribution is 5.88. The smallest absolute Gasteiger partial charge is 0.331 e. The van der Waals surface area contributed by atoms with Gasteiger partial charge in [0, 0.05) is 17.8 Å². The largest absolute Gasteiger partial charge is 0.464 e. The molecule has 0 unspecified atom stereocenters. The molecule has 138 valence electrons. The number of hydrogen-bond donors (Lipinski definition) is 2. The average molecular weight is 354 g/mol. The summed E-state index contributed by atoms with van der Waals surface area (Å²) in [5, 5.41) is 2.96. The normalized spacial score (nSPS) is 15.6. The number of ether oxygens (including phenoxy) is 1. The van der Waals surface area contributed by atoms with Crippen LogP contribution in [0.25, 0.3) is 11.3 Å². The minimum absolute atomic E-state index is 0.101. The van der Waals surface area contributed by atoms with E-state index in [1.54, 1.807) is 6.92 Å². The van der Waals surface area contributed by atoms with Gasteiger partial charge in [-0.05, 0) is 43.9 Å². The molecule has 0 spiro atoms. The molecule has 5 heteroatoms. The fraction of sp³-hybridized carbons (Fsp3) is 0.429. The topological polar surface area (TPSA) is 71.2 Å². The Balaban J connectivity index is 1.57. The van der Waals surface area contributed by atoms with E-state index >= 15 is 0 Å². The van der Waals surface area contributed by atoms with Crippen LogP contribution in [0.1, 0.15) is 44.7 Å². The number of H-pyrrole nitrogens is 1. The molecule has 1 aromatic carbocycles. The maximum Gasteiger partial charge on any atom is 0.331 e. The number of aromatic amines is 1. The summed E-state index contributed by atoms with van der Waals surface area (Å²) >= 11 is 0. The summed E-state index contributed by atoms with van der Waals surface area (Å²) in [6, 6.07) is 14.1. The number of amides is 1. The van der Waals surface area contributed by atoms with Crippen LogP contribution in [-0.4, -0.2) is 29.0 Å². The van der Waals surface area contributed by atoms with Crippen LogP contribution in [0.4, 0.5) is 0 Å². The molecular formula is C21H26N2O3. The van der Waals surface area contributed by atoms with E-state index in [1.807, 2.05) is 42.5 Å². The maximum absolute atomic E-state index is 12.4. The second kappa shape index (κ2) is 8.21. The molecule has 5 nitrogen and oxygen atoms in total. The van der Waals surface area contributed by atoms with Crippen LogP contribution in [0.3, 0.4) is 0 Å². The van der Waals surface area contributed by atoms with Gasteiger partial charge in [0.15, 0.2) is 0 Å². The van der Waals surface area contributed by atoms with E-state index in [4.69, 9.17) is 4.74 Å². The summed E-state index contributed by atoms with van der Waals surface area (Å²) in [6.45, 7) is 2.12. The third kappa shape index (κ3) is 4.15. The number of aromatic nitrogens is 1. The van der Waals surface area contributed by atoms with E-state index in [9.17, 15) is 9.59 Å². The zero-order valence-electron chi connectivity index (χ0n) is 15.2. The summed E-state index contributed by atoms with van der Waals surface area (Å²) < 4.78 is 5.19. The SMILES string of the molecule is CCOC(=O)C1(NC(=O)CCc2ccc(-c3ccccc3)[nH]2)CCCC1. The molecule has 26 heavy (non-hydrogen) atoms. The Morgan fingerprint density at radius 3 is 2.54 bits per heavy atom. The van der Waals surface area contributed by atoms with Crippen molar-refractivity contribution in [2.75, 3.05) is 6.61 Å². The van der Waals surface area contributed by atoms with Gasteiger partial charge >= 0.3 is 5.97 Å². The third-order valence-electron chi connectivity index (χ3n) is 4.95. The molecule has 1 amide bonds. The number of esters is 1. The van der Waals surface area contributed by atoms with E-state index in [0.717, 1.165) is 29.8 Å². The van der Waals surface area contributed by atoms with E-state index in [0.29, 0.717) is 32.3 Å². The molecule has 0 radical (unpaired) electrons. The minimum Gasteiger partial charge on any atom is -0.464 e. The summed E-state index contributed by atoms with van der Waals surface area (Å²) in [6.07, 6.45) is 4.16. The second-order valence-electron chi connectivity index (χ2n) is 6.82. The maximum atomic E-state index is 12.4. The van der Waals surface area contributed by atoms with Crippen LogP contribution in [0, 0.1) is 0 Å². The minimum atomic E-state index is -0.821. The number of carbonyl (C=O) groups is 2. The quantitative estimate of drug-likeness (QED) is 0.746. The van der Waals surface area contributed by atoms with E-state index in [-0.39, 0.29) is 11.9 Å². The van der Waals surface area contributed by atoms with Gasteiger partial charge in [-0.1, -0.05) is 43.2 Å². The van der Waals surface area contributed by atoms with Crippen molar-refractivity contribution >= 4 is 11.9 Å². The Hall–Kier alpha value is -2.56. The van der Waals surface area contributed by atoms with Crippen molar-refractivity contribution in [2.24, 2.45) is 0 Å². The van der Waals surface area contributed by atoms with Crippen molar-refractivity contribution < 1.29 is 14.3 Å². The lowest BCUT2D eigenvalue weighted by Crippen LogP contribution is -2.53. The Morgan fingerprint density at radius 1 is 1.12 bits per heavy atom. The Morgan fingerprint density at radius 2 is 1.85 bits per heavy atom. The van der Waals surface area contributed by atoms with Gasteiger partial charge in [0.1, 0.15) is 5.54 Å². The van der Waals surface area contributed by atoms with Crippen molar-refractivity contribution in [3.63, 3.8) is 0 Å². The molecule has 0 bridgehead atoms. The standard InChI is InChI=1S/C21H26N2O3/c1-2-26-20(25)21(14-6-7-15-21)23-19(24)13-11-17-10-12-18(22-17)16-8-4-3-5-9-16/h3-5,8-10,12,22H,2,6-7,11,13-15H2,1H3,(H,23,24). The first kappa shape index (κ1) is 18.2. The molecule has 1 aliphatic carbocycles. The van der Waals surface area contributed by atoms with Gasteiger partial charge in [0.05, 0.1) is 6.61 Å². The first-order valence-electron chi connectivity index (χ1n) is 9.34. The van der Waals surface area contributed by atoms with Crippen LogP contribution in [-0.2, 0) is 20.7 Å². The number of nitrogens with one attached hydrogen (secondary N) is 2. The van der Waals surface area contributed by atoms with Gasteiger partial charge in [-0.3, -0.25) is 4.79 Å². The Bertz CT molecular complexity index is 746. The van der Waals surface area contributed by atoms with Crippen molar-refractivity contribution in [1.29, 1.82) is 0 Å². The predicted octanol–water partition coefficient (Wildman–Crippen LogP) is 3.61. The average Bonchev–Trinajstić information content (AvgIpc) is 3.31. The second-order valence-corrected chi connectivity index (χ2v) is 6.82. The summed E-state index contributed by atoms with van der Waals surface area (Å²) in [5.74, 6) is -0.395. The molecule has 0 saturated heterocycles. The van der Waals surface area contributed by atoms with Gasteiger partial charge in [-0.25, -0.2) is 4.79 Å². The molecule has 3 rings (SSSR count). The molecule has 2 aromatic rings. The van der Waals surface area contributed by atoms with Crippen LogP contribution >= 0.6 is 0 Å². The van der Waals surface area contributed by atoms with Gasteiger partial charge in [0.2, 0.25) is 5.91 Å². The zero-order chi connectivity index (χ0) is 18.4. The first-order chi connectivity index (χ1) is 12.6. The van der Waals surface area contributed by atoms with Crippen LogP contribution in [0.15, 0.2) is 42.5 Å². The van der Waals surface area contributed by atoms with Crippen molar-refractivity contribution in [3.8, 4) is 11.3 Å². The summed E-state index contributed by atoms with van der Waals surface area (Å²) in [7, 11) is 0. The van der Waals surface area contributed by atoms with Crippen LogP contribution in [0.2, 0.25) is 0 Å². The number of rotatable bonds is 7. The predicted molar refractivity (Wildman–Crippen MR) is 101 cm³/mol. The fourth-order valence-corrected chi connectivity index (χ4v) is 3.58. The van der Waals surface area contributed by atoms with Crippen molar-refractivity contribution in [2.45, 2.75) is 51.0 Å². The molecule has 1 saturated carbocycles. The fourth-order valence-electron chi connectivity index (χ4n) is 3.58. The number of carbonyl (C=O) groups excluding carboxylic acids is 2. The van der Waals surface area contributed by atoms with Crippen LogP contribution < -0.4 is 5.32 Å². The number of benzene rings is 1. The molecule has 1 aliphatic rings. The highest BCUT2D eigenvalue weighted by atomic mass is 16.5. The van der Waals surface area contributed by atoms with Gasteiger partial charge < -0.3 is 15.0 Å². The first-order valence-corrected chi connectivity index (χ1v) is 9.34. The highest BCUT2D eigenvalue weighted by Gasteiger charge is 2.43. The van der Waals surface area contributed by atoms with Crippen molar-refractivity contribution in [1.82, 2.24) is 10.3 Å². The molecule has 2 N–H and O–H groups in total. The van der Waals surface area contributed by atoms with Gasteiger partial charge in [-0.15, -0.1) is 0 Å². The zero-order valence-corrected chi connectivity index (χ0v) is 15.2. The lowest BCUT2D eigenvalue weighted by atomic mass is 9.97. The molecule has 1 aromatic heterocycles. The van der Waals surface area contributed by atoms with E-state index in [2.05, 4.69) is 10.3 Å². The molecule has 1 fully saturated rings. The summed E-state index contributed by atoms with van der Waals surface area (Å²) in [5.41, 5.74) is 2.35. The third-order valence-corrected chi connectivity index (χ3v) is 4.95. The van der Waals surface area contributed by atoms with E-state index < -0.39 is 5.54 Å². The van der Waals surface area contributed by atoms with Gasteiger partial charge in [-0.2, -0.15) is 0 Å². The number of hydrogen-bond acceptors (Lipinski definition) is 3. The highest BCUT2D eigenvalue weighted by Crippen LogP contribution is 2.31. The Kier molecular flexibility index (Phi) is 5.76. The lowest BCUT2D eigenvalue weighted by molar-refractivity contribution is -0.153. The molecular weight excluding hydrogens is 328 g/mol. The summed E-state index contributed by atoms with van der Waals surface area (Å²) in [4.78, 5) is 28.1. The monoisotopic (exact) mass is 354 g/mol. The van der Waals surface area contributed by atoms with Crippen molar-refractivity contribution in [3.05, 3.63) is 48.2 Å². The lowest BCUT2D eigenvalue weighted by Gasteiger charge is -2.27. The Labute approximate surface area is 154 Å². The molecule has 0 aliphatic heterocycles. The van der Waals surface area contributed by atoms with Gasteiger partial charge in [0.25, 0.3) is 0 Å². The van der Waals surface area contributed by atoms with E-state index in [1.165, 1.54) is 0 Å².